The van der Waals surface area contributed by atoms with Crippen molar-refractivity contribution in [2.45, 2.75) is 43.2 Å². The molecule has 1 aliphatic carbocycles. The predicted octanol–water partition coefficient (Wildman–Crippen LogP) is 7.37. The van der Waals surface area contributed by atoms with Gasteiger partial charge >= 0.3 is 6.18 Å². The van der Waals surface area contributed by atoms with Crippen molar-refractivity contribution in [3.05, 3.63) is 72.7 Å². The quantitative estimate of drug-likeness (QED) is 0.517. The highest BCUT2D eigenvalue weighted by molar-refractivity contribution is 8.14. The van der Waals surface area contributed by atoms with Crippen LogP contribution in [0.5, 0.6) is 11.5 Å². The molecule has 1 fully saturated rings. The van der Waals surface area contributed by atoms with Gasteiger partial charge in [-0.3, -0.25) is 0 Å². The summed E-state index contributed by atoms with van der Waals surface area (Å²) in [6.07, 6.45) is 6.40. The molecule has 4 nitrogen and oxygen atoms in total. The number of halogens is 3. The third kappa shape index (κ3) is 6.09. The van der Waals surface area contributed by atoms with Crippen LogP contribution in [0.4, 0.5) is 18.9 Å². The van der Waals surface area contributed by atoms with E-state index in [9.17, 15) is 18.3 Å². The van der Waals surface area contributed by atoms with Gasteiger partial charge in [-0.15, -0.1) is 0 Å². The molecule has 1 N–H and O–H groups in total. The van der Waals surface area contributed by atoms with Crippen LogP contribution in [0.2, 0.25) is 0 Å². The Morgan fingerprint density at radius 2 is 1.66 bits per heavy atom. The highest BCUT2D eigenvalue weighted by Crippen LogP contribution is 2.36. The summed E-state index contributed by atoms with van der Waals surface area (Å²) >= 11 is 1.21. The summed E-state index contributed by atoms with van der Waals surface area (Å²) in [5, 5.41) is 10.3. The van der Waals surface area contributed by atoms with E-state index in [2.05, 4.69) is 11.6 Å². The van der Waals surface area contributed by atoms with Crippen LogP contribution >= 0.6 is 11.8 Å². The largest absolute Gasteiger partial charge is 0.504 e. The van der Waals surface area contributed by atoms with Gasteiger partial charge < -0.3 is 14.7 Å². The molecule has 2 aromatic carbocycles. The molecule has 170 valence electrons. The Morgan fingerprint density at radius 1 is 1.03 bits per heavy atom. The van der Waals surface area contributed by atoms with Crippen molar-refractivity contribution in [3.8, 4) is 11.5 Å². The first-order valence-corrected chi connectivity index (χ1v) is 11.1. The SMILES string of the molecule is C1CCCC1.C=C1C(Sc2ccc(C(F)(F)F)cc2)=NC=CN1c1ccc(O)c(OC)c1. The summed E-state index contributed by atoms with van der Waals surface area (Å²) in [7, 11) is 1.45. The number of alkyl halides is 3. The van der Waals surface area contributed by atoms with Gasteiger partial charge in [0, 0.05) is 29.0 Å². The molecule has 2 aromatic rings. The minimum atomic E-state index is -4.37. The van der Waals surface area contributed by atoms with Crippen LogP contribution < -0.4 is 9.64 Å². The van der Waals surface area contributed by atoms with E-state index in [0.717, 1.165) is 12.1 Å². The molecule has 0 aromatic heterocycles. The average molecular weight is 463 g/mol. The first kappa shape index (κ1) is 23.8. The van der Waals surface area contributed by atoms with Crippen LogP contribution in [0, 0.1) is 0 Å². The Bertz CT molecular complexity index is 990. The fourth-order valence-electron chi connectivity index (χ4n) is 3.29. The minimum absolute atomic E-state index is 0.0147. The van der Waals surface area contributed by atoms with Crippen LogP contribution in [0.15, 0.2) is 77.0 Å². The van der Waals surface area contributed by atoms with Crippen LogP contribution in [-0.2, 0) is 6.18 Å². The fourth-order valence-corrected chi connectivity index (χ4v) is 4.11. The molecule has 32 heavy (non-hydrogen) atoms. The van der Waals surface area contributed by atoms with Crippen molar-refractivity contribution in [3.63, 3.8) is 0 Å². The van der Waals surface area contributed by atoms with Gasteiger partial charge in [0.1, 0.15) is 5.04 Å². The van der Waals surface area contributed by atoms with Gasteiger partial charge in [0.2, 0.25) is 0 Å². The lowest BCUT2D eigenvalue weighted by molar-refractivity contribution is -0.137. The topological polar surface area (TPSA) is 45.1 Å². The van der Waals surface area contributed by atoms with Crippen LogP contribution in [0.3, 0.4) is 0 Å². The van der Waals surface area contributed by atoms with Crippen molar-refractivity contribution in [2.75, 3.05) is 12.0 Å². The highest BCUT2D eigenvalue weighted by Gasteiger charge is 2.30. The van der Waals surface area contributed by atoms with Crippen molar-refractivity contribution < 1.29 is 23.0 Å². The average Bonchev–Trinajstić information content (AvgIpc) is 3.36. The summed E-state index contributed by atoms with van der Waals surface area (Å²) in [5.74, 6) is 0.328. The third-order valence-corrected chi connectivity index (χ3v) is 6.08. The molecule has 0 atom stereocenters. The number of methoxy groups -OCH3 is 1. The molecule has 0 amide bonds. The summed E-state index contributed by atoms with van der Waals surface area (Å²) in [5.41, 5.74) is 0.551. The van der Waals surface area contributed by atoms with Crippen molar-refractivity contribution in [1.82, 2.24) is 0 Å². The van der Waals surface area contributed by atoms with E-state index in [0.29, 0.717) is 27.1 Å². The number of phenols is 1. The molecule has 4 rings (SSSR count). The molecular formula is C24H25F3N2O2S. The first-order chi connectivity index (χ1) is 15.3. The molecule has 2 aliphatic rings. The van der Waals surface area contributed by atoms with Gasteiger partial charge in [0.05, 0.1) is 18.4 Å². The highest BCUT2D eigenvalue weighted by atomic mass is 32.2. The minimum Gasteiger partial charge on any atom is -0.504 e. The predicted molar refractivity (Wildman–Crippen MR) is 123 cm³/mol. The van der Waals surface area contributed by atoms with Gasteiger partial charge in [-0.2, -0.15) is 13.2 Å². The summed E-state index contributed by atoms with van der Waals surface area (Å²) < 4.78 is 43.2. The van der Waals surface area contributed by atoms with Crippen molar-refractivity contribution in [2.24, 2.45) is 4.99 Å². The number of benzene rings is 2. The Labute approximate surface area is 190 Å². The van der Waals surface area contributed by atoms with Gasteiger partial charge in [0.25, 0.3) is 0 Å². The number of aromatic hydroxyl groups is 1. The number of hydrogen-bond donors (Lipinski definition) is 1. The lowest BCUT2D eigenvalue weighted by Crippen LogP contribution is -2.22. The van der Waals surface area contributed by atoms with E-state index >= 15 is 0 Å². The van der Waals surface area contributed by atoms with Gasteiger partial charge in [-0.1, -0.05) is 50.4 Å². The van der Waals surface area contributed by atoms with Gasteiger partial charge in [-0.05, 0) is 36.4 Å². The smallest absolute Gasteiger partial charge is 0.416 e. The molecule has 1 heterocycles. The lowest BCUT2D eigenvalue weighted by atomic mass is 10.2. The standard InChI is InChI=1S/C19H15F3N2O2S.C5H10/c1-12-18(27-15-6-3-13(4-7-15)19(20,21)22)23-9-10-24(12)14-5-8-16(25)17(11-14)26-2;1-2-4-5-3-1/h3-11,25H,1H2,2H3;1-5H2. The second kappa shape index (κ2) is 10.6. The number of nitrogens with zero attached hydrogens (tertiary/aromatic N) is 2. The lowest BCUT2D eigenvalue weighted by Gasteiger charge is -2.26. The van der Waals surface area contributed by atoms with Gasteiger partial charge in [0.15, 0.2) is 11.5 Å². The number of aliphatic imine (C=N–C) groups is 1. The maximum Gasteiger partial charge on any atom is 0.416 e. The monoisotopic (exact) mass is 462 g/mol. The summed E-state index contributed by atoms with van der Waals surface area (Å²) in [6, 6.07) is 9.71. The number of anilines is 1. The molecule has 0 spiro atoms. The van der Waals surface area contributed by atoms with Crippen LogP contribution in [0.25, 0.3) is 0 Å². The van der Waals surface area contributed by atoms with Gasteiger partial charge in [-0.25, -0.2) is 4.99 Å². The first-order valence-electron chi connectivity index (χ1n) is 10.2. The second-order valence-corrected chi connectivity index (χ2v) is 8.36. The van der Waals surface area contributed by atoms with Crippen molar-refractivity contribution >= 4 is 22.5 Å². The Balaban J connectivity index is 0.000000509. The molecule has 1 aliphatic heterocycles. The number of hydrogen-bond acceptors (Lipinski definition) is 5. The molecule has 0 bridgehead atoms. The maximum absolute atomic E-state index is 12.7. The molecular weight excluding hydrogens is 437 g/mol. The molecule has 8 heteroatoms. The van der Waals surface area contributed by atoms with E-state index < -0.39 is 11.7 Å². The second-order valence-electron chi connectivity index (χ2n) is 7.30. The third-order valence-electron chi connectivity index (χ3n) is 5.03. The Kier molecular flexibility index (Phi) is 7.90. The Hall–Kier alpha value is -2.87. The summed E-state index contributed by atoms with van der Waals surface area (Å²) in [6.45, 7) is 4.02. The van der Waals surface area contributed by atoms with E-state index in [1.165, 1.54) is 69.2 Å². The molecule has 0 saturated heterocycles. The van der Waals surface area contributed by atoms with E-state index in [4.69, 9.17) is 4.74 Å². The summed E-state index contributed by atoms with van der Waals surface area (Å²) in [4.78, 5) is 6.63. The zero-order chi connectivity index (χ0) is 23.1. The van der Waals surface area contributed by atoms with E-state index in [1.54, 1.807) is 29.4 Å². The molecule has 1 saturated carbocycles. The zero-order valence-electron chi connectivity index (χ0n) is 17.7. The number of thioether (sulfide) groups is 1. The Morgan fingerprint density at radius 3 is 2.22 bits per heavy atom. The number of rotatable bonds is 3. The molecule has 0 unspecified atom stereocenters. The molecule has 0 radical (unpaired) electrons. The normalized spacial score (nSPS) is 15.8. The number of phenolic OH excluding ortho intramolecular Hbond substituents is 1. The van der Waals surface area contributed by atoms with Crippen molar-refractivity contribution in [1.29, 1.82) is 0 Å². The van der Waals surface area contributed by atoms with E-state index in [1.807, 2.05) is 0 Å². The fraction of sp³-hybridized carbons (Fsp3) is 0.292. The van der Waals surface area contributed by atoms with Crippen LogP contribution in [-0.4, -0.2) is 17.3 Å². The maximum atomic E-state index is 12.7. The van der Waals surface area contributed by atoms with Crippen LogP contribution in [0.1, 0.15) is 37.7 Å². The zero-order valence-corrected chi connectivity index (χ0v) is 18.5. The van der Waals surface area contributed by atoms with E-state index in [-0.39, 0.29) is 5.75 Å². The number of ether oxygens (including phenoxy) is 1.